The highest BCUT2D eigenvalue weighted by molar-refractivity contribution is 5.87. The molecule has 0 aromatic heterocycles. The van der Waals surface area contributed by atoms with Crippen molar-refractivity contribution in [3.63, 3.8) is 0 Å². The van der Waals surface area contributed by atoms with E-state index in [0.717, 1.165) is 13.0 Å². The van der Waals surface area contributed by atoms with E-state index in [-0.39, 0.29) is 5.91 Å². The van der Waals surface area contributed by atoms with Crippen LogP contribution in [-0.2, 0) is 4.79 Å². The van der Waals surface area contributed by atoms with Gasteiger partial charge in [-0.05, 0) is 19.4 Å². The summed E-state index contributed by atoms with van der Waals surface area (Å²) in [5.41, 5.74) is 0. The maximum Gasteiger partial charge on any atom is 0.243 e. The zero-order valence-corrected chi connectivity index (χ0v) is 16.6. The zero-order valence-electron chi connectivity index (χ0n) is 16.6. The Balaban J connectivity index is 3.04. The van der Waals surface area contributed by atoms with Crippen LogP contribution in [0.4, 0.5) is 0 Å². The first kappa shape index (κ1) is 23.2. The van der Waals surface area contributed by atoms with E-state index in [2.05, 4.69) is 12.2 Å². The number of hydrogen-bond acceptors (Lipinski definition) is 1. The van der Waals surface area contributed by atoms with Crippen molar-refractivity contribution in [3.05, 3.63) is 12.2 Å². The van der Waals surface area contributed by atoms with Crippen molar-refractivity contribution in [2.45, 2.75) is 117 Å². The van der Waals surface area contributed by atoms with Gasteiger partial charge in [0.15, 0.2) is 0 Å². The van der Waals surface area contributed by atoms with Gasteiger partial charge in [-0.2, -0.15) is 0 Å². The Morgan fingerprint density at radius 2 is 1.04 bits per heavy atom. The Hall–Kier alpha value is -0.790. The molecule has 0 saturated heterocycles. The molecule has 1 N–H and O–H groups in total. The molecule has 24 heavy (non-hydrogen) atoms. The van der Waals surface area contributed by atoms with Crippen LogP contribution < -0.4 is 5.32 Å². The molecule has 0 fully saturated rings. The number of carbonyl (C=O) groups excluding carboxylic acids is 1. The van der Waals surface area contributed by atoms with E-state index in [1.807, 2.05) is 6.92 Å². The van der Waals surface area contributed by atoms with Gasteiger partial charge in [0.2, 0.25) is 5.91 Å². The van der Waals surface area contributed by atoms with Crippen LogP contribution in [-0.4, -0.2) is 12.5 Å². The Bertz CT molecular complexity index is 286. The lowest BCUT2D eigenvalue weighted by Crippen LogP contribution is -2.21. The van der Waals surface area contributed by atoms with Gasteiger partial charge in [-0.3, -0.25) is 4.79 Å². The minimum absolute atomic E-state index is 0.0402. The maximum absolute atomic E-state index is 11.2. The van der Waals surface area contributed by atoms with Gasteiger partial charge < -0.3 is 5.32 Å². The minimum Gasteiger partial charge on any atom is -0.353 e. The highest BCUT2D eigenvalue weighted by Crippen LogP contribution is 2.13. The van der Waals surface area contributed by atoms with Crippen LogP contribution in [0.5, 0.6) is 0 Å². The van der Waals surface area contributed by atoms with E-state index >= 15 is 0 Å². The van der Waals surface area contributed by atoms with Crippen molar-refractivity contribution in [2.24, 2.45) is 0 Å². The molecule has 0 unspecified atom stereocenters. The van der Waals surface area contributed by atoms with Crippen molar-refractivity contribution < 1.29 is 4.79 Å². The summed E-state index contributed by atoms with van der Waals surface area (Å²) in [7, 11) is 0. The smallest absolute Gasteiger partial charge is 0.243 e. The second kappa shape index (κ2) is 20.3. The van der Waals surface area contributed by atoms with Crippen LogP contribution >= 0.6 is 0 Å². The molecule has 2 nitrogen and oxygen atoms in total. The van der Waals surface area contributed by atoms with Crippen molar-refractivity contribution in [3.8, 4) is 0 Å². The van der Waals surface area contributed by atoms with Gasteiger partial charge in [0.05, 0.1) is 0 Å². The van der Waals surface area contributed by atoms with Gasteiger partial charge in [-0.25, -0.2) is 0 Å². The van der Waals surface area contributed by atoms with Gasteiger partial charge in [0, 0.05) is 6.54 Å². The summed E-state index contributed by atoms with van der Waals surface area (Å²) in [4.78, 5) is 11.2. The molecule has 142 valence electrons. The normalized spacial score (nSPS) is 11.2. The van der Waals surface area contributed by atoms with Crippen LogP contribution in [0.15, 0.2) is 12.2 Å². The van der Waals surface area contributed by atoms with Crippen LogP contribution in [0.3, 0.4) is 0 Å². The fraction of sp³-hybridized carbons (Fsp3) is 0.864. The molecule has 0 radical (unpaired) electrons. The van der Waals surface area contributed by atoms with Crippen LogP contribution in [0.25, 0.3) is 0 Å². The van der Waals surface area contributed by atoms with Crippen LogP contribution in [0, 0.1) is 0 Å². The second-order valence-electron chi connectivity index (χ2n) is 7.09. The lowest BCUT2D eigenvalue weighted by molar-refractivity contribution is -0.116. The Labute approximate surface area is 151 Å². The van der Waals surface area contributed by atoms with Gasteiger partial charge in [0.1, 0.15) is 0 Å². The third-order valence-electron chi connectivity index (χ3n) is 4.65. The van der Waals surface area contributed by atoms with Gasteiger partial charge in [0.25, 0.3) is 0 Å². The Morgan fingerprint density at radius 3 is 1.42 bits per heavy atom. The highest BCUT2D eigenvalue weighted by Gasteiger charge is 1.96. The summed E-state index contributed by atoms with van der Waals surface area (Å²) < 4.78 is 0. The summed E-state index contributed by atoms with van der Waals surface area (Å²) in [5.74, 6) is 0.0402. The molecule has 0 aromatic carbocycles. The zero-order chi connectivity index (χ0) is 17.7. The van der Waals surface area contributed by atoms with E-state index in [9.17, 15) is 4.79 Å². The van der Waals surface area contributed by atoms with Crippen molar-refractivity contribution >= 4 is 5.91 Å². The third kappa shape index (κ3) is 19.3. The molecule has 0 aliphatic heterocycles. The maximum atomic E-state index is 11.2. The molecule has 2 heteroatoms. The SMILES string of the molecule is CC=CC(=O)NCCCCCCCCCCCCCCCCCC. The molecule has 0 spiro atoms. The topological polar surface area (TPSA) is 29.1 Å². The minimum atomic E-state index is 0.0402. The molecule has 0 saturated carbocycles. The molecule has 0 rings (SSSR count). The molecular formula is C22H43NO. The average Bonchev–Trinajstić information content (AvgIpc) is 2.58. The number of rotatable bonds is 18. The highest BCUT2D eigenvalue weighted by atomic mass is 16.1. The van der Waals surface area contributed by atoms with E-state index in [0.29, 0.717) is 0 Å². The van der Waals surface area contributed by atoms with Crippen molar-refractivity contribution in [2.75, 3.05) is 6.54 Å². The summed E-state index contributed by atoms with van der Waals surface area (Å²) in [6.07, 6.45) is 25.5. The fourth-order valence-electron chi connectivity index (χ4n) is 3.09. The van der Waals surface area contributed by atoms with E-state index in [4.69, 9.17) is 0 Å². The predicted octanol–water partition coefficient (Wildman–Crippen LogP) is 6.94. The fourth-order valence-corrected chi connectivity index (χ4v) is 3.09. The first-order valence-electron chi connectivity index (χ1n) is 10.7. The van der Waals surface area contributed by atoms with Gasteiger partial charge in [-0.1, -0.05) is 109 Å². The van der Waals surface area contributed by atoms with Crippen LogP contribution in [0.1, 0.15) is 117 Å². The van der Waals surface area contributed by atoms with Crippen molar-refractivity contribution in [1.82, 2.24) is 5.32 Å². The molecule has 0 heterocycles. The summed E-state index contributed by atoms with van der Waals surface area (Å²) in [6.45, 7) is 4.97. The molecule has 1 amide bonds. The predicted molar refractivity (Wildman–Crippen MR) is 107 cm³/mol. The Kier molecular flexibility index (Phi) is 19.6. The first-order chi connectivity index (χ1) is 11.8. The summed E-state index contributed by atoms with van der Waals surface area (Å²) >= 11 is 0. The number of carbonyl (C=O) groups is 1. The number of nitrogens with one attached hydrogen (secondary N) is 1. The molecule has 0 atom stereocenters. The van der Waals surface area contributed by atoms with E-state index < -0.39 is 0 Å². The number of unbranched alkanes of at least 4 members (excludes halogenated alkanes) is 15. The largest absolute Gasteiger partial charge is 0.353 e. The molecule has 0 aromatic rings. The number of hydrogen-bond donors (Lipinski definition) is 1. The van der Waals surface area contributed by atoms with Crippen molar-refractivity contribution in [1.29, 1.82) is 0 Å². The van der Waals surface area contributed by atoms with E-state index in [1.54, 1.807) is 12.2 Å². The average molecular weight is 338 g/mol. The number of amides is 1. The third-order valence-corrected chi connectivity index (χ3v) is 4.65. The summed E-state index contributed by atoms with van der Waals surface area (Å²) in [6, 6.07) is 0. The van der Waals surface area contributed by atoms with Crippen LogP contribution in [0.2, 0.25) is 0 Å². The quantitative estimate of drug-likeness (QED) is 0.213. The Morgan fingerprint density at radius 1 is 0.667 bits per heavy atom. The lowest BCUT2D eigenvalue weighted by atomic mass is 10.0. The van der Waals surface area contributed by atoms with E-state index in [1.165, 1.54) is 96.3 Å². The molecule has 0 bridgehead atoms. The monoisotopic (exact) mass is 337 g/mol. The van der Waals surface area contributed by atoms with Gasteiger partial charge in [-0.15, -0.1) is 0 Å². The molecular weight excluding hydrogens is 294 g/mol. The second-order valence-corrected chi connectivity index (χ2v) is 7.09. The first-order valence-corrected chi connectivity index (χ1v) is 10.7. The molecule has 0 aliphatic carbocycles. The molecule has 0 aliphatic rings. The number of allylic oxidation sites excluding steroid dienone is 1. The van der Waals surface area contributed by atoms with Gasteiger partial charge >= 0.3 is 0 Å². The lowest BCUT2D eigenvalue weighted by Gasteiger charge is -2.04. The standard InChI is InChI=1S/C22H43NO/c1-3-5-6-7-8-9-10-11-12-13-14-15-16-17-18-19-21-23-22(24)20-4-2/h4,20H,3,5-19,21H2,1-2H3,(H,23,24). The summed E-state index contributed by atoms with van der Waals surface area (Å²) in [5, 5.41) is 2.91.